The van der Waals surface area contributed by atoms with Gasteiger partial charge in [-0.3, -0.25) is 4.79 Å². The molecule has 0 unspecified atom stereocenters. The Morgan fingerprint density at radius 2 is 1.94 bits per heavy atom. The van der Waals surface area contributed by atoms with Gasteiger partial charge in [0.25, 0.3) is 5.91 Å². The van der Waals surface area contributed by atoms with Gasteiger partial charge in [-0.25, -0.2) is 9.97 Å². The summed E-state index contributed by atoms with van der Waals surface area (Å²) in [4.78, 5) is 25.4. The van der Waals surface area contributed by atoms with Gasteiger partial charge in [-0.05, 0) is 47.2 Å². The number of hydrogen-bond donors (Lipinski definition) is 3. The van der Waals surface area contributed by atoms with Crippen molar-refractivity contribution in [3.8, 4) is 11.3 Å². The van der Waals surface area contributed by atoms with Crippen LogP contribution in [0.5, 0.6) is 0 Å². The predicted octanol–water partition coefficient (Wildman–Crippen LogP) is 5.47. The van der Waals surface area contributed by atoms with E-state index in [1.165, 1.54) is 11.9 Å². The van der Waals surface area contributed by atoms with E-state index in [1.807, 2.05) is 42.5 Å². The first-order chi connectivity index (χ1) is 17.3. The molecule has 36 heavy (non-hydrogen) atoms. The molecule has 0 aliphatic carbocycles. The van der Waals surface area contributed by atoms with E-state index in [4.69, 9.17) is 4.74 Å². The lowest BCUT2D eigenvalue weighted by atomic mass is 9.86. The maximum Gasteiger partial charge on any atom is 0.255 e. The Labute approximate surface area is 210 Å². The standard InChI is InChI=1S/C29H30N4O3/c1-29(2,3)20-9-7-19(8-10-20)28(35)33-24-6-4-5-21(23(24)16-34)26-22-15-25(18-11-13-36-14-12-18)32-27(22)31-17-30-26/h4-11,15,17,34H,12-14,16H2,1-3H3,(H,33,35)(H,30,31,32). The van der Waals surface area contributed by atoms with Gasteiger partial charge in [0, 0.05) is 33.5 Å². The molecule has 184 valence electrons. The molecule has 0 spiro atoms. The number of carbonyl (C=O) groups is 1. The van der Waals surface area contributed by atoms with Crippen LogP contribution in [0.4, 0.5) is 5.69 Å². The quantitative estimate of drug-likeness (QED) is 0.350. The average molecular weight is 483 g/mol. The van der Waals surface area contributed by atoms with Gasteiger partial charge in [-0.2, -0.15) is 0 Å². The van der Waals surface area contributed by atoms with Crippen LogP contribution in [-0.4, -0.2) is 39.2 Å². The largest absolute Gasteiger partial charge is 0.392 e. The van der Waals surface area contributed by atoms with Crippen molar-refractivity contribution >= 4 is 28.2 Å². The molecule has 7 heteroatoms. The van der Waals surface area contributed by atoms with E-state index in [-0.39, 0.29) is 17.9 Å². The van der Waals surface area contributed by atoms with Crippen LogP contribution < -0.4 is 5.32 Å². The van der Waals surface area contributed by atoms with E-state index < -0.39 is 0 Å². The summed E-state index contributed by atoms with van der Waals surface area (Å²) in [6.07, 6.45) is 4.42. The summed E-state index contributed by atoms with van der Waals surface area (Å²) in [5, 5.41) is 14.2. The van der Waals surface area contributed by atoms with Crippen molar-refractivity contribution in [1.29, 1.82) is 0 Å². The molecule has 0 radical (unpaired) electrons. The zero-order valence-corrected chi connectivity index (χ0v) is 20.8. The second kappa shape index (κ2) is 9.68. The number of carbonyl (C=O) groups excluding carboxylic acids is 1. The van der Waals surface area contributed by atoms with Crippen molar-refractivity contribution in [3.05, 3.63) is 83.3 Å². The molecule has 5 rings (SSSR count). The second-order valence-electron chi connectivity index (χ2n) is 9.99. The third kappa shape index (κ3) is 4.67. The lowest BCUT2D eigenvalue weighted by molar-refractivity contribution is 0.102. The van der Waals surface area contributed by atoms with E-state index >= 15 is 0 Å². The minimum atomic E-state index is -0.250. The molecule has 2 aromatic carbocycles. The Balaban J connectivity index is 1.49. The fraction of sp³-hybridized carbons (Fsp3) is 0.276. The molecule has 0 atom stereocenters. The van der Waals surface area contributed by atoms with Crippen LogP contribution in [0.25, 0.3) is 27.9 Å². The van der Waals surface area contributed by atoms with Gasteiger partial charge >= 0.3 is 0 Å². The van der Waals surface area contributed by atoms with Gasteiger partial charge in [0.15, 0.2) is 0 Å². The topological polar surface area (TPSA) is 100 Å². The third-order valence-corrected chi connectivity index (χ3v) is 6.59. The van der Waals surface area contributed by atoms with E-state index in [0.29, 0.717) is 35.7 Å². The molecule has 3 heterocycles. The number of ether oxygens (including phenoxy) is 1. The van der Waals surface area contributed by atoms with Crippen molar-refractivity contribution in [2.75, 3.05) is 18.5 Å². The fourth-order valence-electron chi connectivity index (χ4n) is 4.51. The molecule has 0 bridgehead atoms. The number of benzene rings is 2. The SMILES string of the molecule is CC(C)(C)c1ccc(C(=O)Nc2cccc(-c3ncnc4[nH]c(C5=CCOCC5)cc34)c2CO)cc1. The van der Waals surface area contributed by atoms with Crippen LogP contribution in [0.15, 0.2) is 60.9 Å². The highest BCUT2D eigenvalue weighted by Gasteiger charge is 2.19. The molecule has 3 N–H and O–H groups in total. The van der Waals surface area contributed by atoms with Crippen molar-refractivity contribution < 1.29 is 14.6 Å². The summed E-state index contributed by atoms with van der Waals surface area (Å²) in [5.41, 5.74) is 7.22. The van der Waals surface area contributed by atoms with Gasteiger partial charge in [0.1, 0.15) is 12.0 Å². The van der Waals surface area contributed by atoms with Crippen molar-refractivity contribution in [2.45, 2.75) is 39.2 Å². The number of anilines is 1. The summed E-state index contributed by atoms with van der Waals surface area (Å²) in [6.45, 7) is 7.45. The van der Waals surface area contributed by atoms with Gasteiger partial charge < -0.3 is 20.1 Å². The van der Waals surface area contributed by atoms with E-state index in [1.54, 1.807) is 6.07 Å². The fourth-order valence-corrected chi connectivity index (χ4v) is 4.51. The molecule has 1 aliphatic heterocycles. The molecule has 0 saturated heterocycles. The number of aliphatic hydroxyl groups excluding tert-OH is 1. The molecular weight excluding hydrogens is 452 g/mol. The van der Waals surface area contributed by atoms with Crippen LogP contribution in [0.3, 0.4) is 0 Å². The van der Waals surface area contributed by atoms with Crippen molar-refractivity contribution in [3.63, 3.8) is 0 Å². The number of fused-ring (bicyclic) bond motifs is 1. The van der Waals surface area contributed by atoms with E-state index in [9.17, 15) is 9.90 Å². The van der Waals surface area contributed by atoms with E-state index in [0.717, 1.165) is 34.3 Å². The summed E-state index contributed by atoms with van der Waals surface area (Å²) >= 11 is 0. The first-order valence-corrected chi connectivity index (χ1v) is 12.1. The Morgan fingerprint density at radius 3 is 2.64 bits per heavy atom. The number of H-pyrrole nitrogens is 1. The lowest BCUT2D eigenvalue weighted by Crippen LogP contribution is -2.15. The number of aliphatic hydroxyl groups is 1. The van der Waals surface area contributed by atoms with Crippen molar-refractivity contribution in [2.24, 2.45) is 0 Å². The Morgan fingerprint density at radius 1 is 1.14 bits per heavy atom. The zero-order valence-electron chi connectivity index (χ0n) is 20.8. The number of amides is 1. The van der Waals surface area contributed by atoms with Gasteiger partial charge in [-0.1, -0.05) is 51.1 Å². The lowest BCUT2D eigenvalue weighted by Gasteiger charge is -2.19. The normalized spacial score (nSPS) is 14.1. The maximum atomic E-state index is 13.0. The number of nitrogens with one attached hydrogen (secondary N) is 2. The molecule has 0 saturated carbocycles. The molecule has 2 aromatic heterocycles. The van der Waals surface area contributed by atoms with Gasteiger partial charge in [0.05, 0.1) is 25.5 Å². The number of rotatable bonds is 5. The predicted molar refractivity (Wildman–Crippen MR) is 142 cm³/mol. The number of hydrogen-bond acceptors (Lipinski definition) is 5. The van der Waals surface area contributed by atoms with Crippen LogP contribution >= 0.6 is 0 Å². The number of aromatic nitrogens is 3. The van der Waals surface area contributed by atoms with Crippen molar-refractivity contribution in [1.82, 2.24) is 15.0 Å². The molecular formula is C29H30N4O3. The molecule has 4 aromatic rings. The second-order valence-corrected chi connectivity index (χ2v) is 9.99. The highest BCUT2D eigenvalue weighted by Crippen LogP contribution is 2.34. The summed E-state index contributed by atoms with van der Waals surface area (Å²) < 4.78 is 5.44. The van der Waals surface area contributed by atoms with Crippen LogP contribution in [-0.2, 0) is 16.8 Å². The minimum absolute atomic E-state index is 0.00959. The molecule has 1 aliphatic rings. The Kier molecular flexibility index (Phi) is 6.43. The number of aromatic amines is 1. The molecule has 7 nitrogen and oxygen atoms in total. The third-order valence-electron chi connectivity index (χ3n) is 6.59. The van der Waals surface area contributed by atoms with Gasteiger partial charge in [0.2, 0.25) is 0 Å². The smallest absolute Gasteiger partial charge is 0.255 e. The zero-order chi connectivity index (χ0) is 25.3. The Hall–Kier alpha value is -3.81. The summed E-state index contributed by atoms with van der Waals surface area (Å²) in [5.74, 6) is -0.231. The first kappa shape index (κ1) is 23.9. The summed E-state index contributed by atoms with van der Waals surface area (Å²) in [6, 6.07) is 15.2. The monoisotopic (exact) mass is 482 g/mol. The maximum absolute atomic E-state index is 13.0. The van der Waals surface area contributed by atoms with Crippen LogP contribution in [0, 0.1) is 0 Å². The van der Waals surface area contributed by atoms with Gasteiger partial charge in [-0.15, -0.1) is 0 Å². The highest BCUT2D eigenvalue weighted by atomic mass is 16.5. The first-order valence-electron chi connectivity index (χ1n) is 12.1. The average Bonchev–Trinajstić information content (AvgIpc) is 3.33. The number of nitrogens with zero attached hydrogens (tertiary/aromatic N) is 2. The highest BCUT2D eigenvalue weighted by molar-refractivity contribution is 6.05. The van der Waals surface area contributed by atoms with Crippen LogP contribution in [0.1, 0.15) is 54.4 Å². The minimum Gasteiger partial charge on any atom is -0.392 e. The molecule has 1 amide bonds. The molecule has 0 fully saturated rings. The van der Waals surface area contributed by atoms with E-state index in [2.05, 4.69) is 47.1 Å². The summed E-state index contributed by atoms with van der Waals surface area (Å²) in [7, 11) is 0. The Bertz CT molecular complexity index is 1450. The van der Waals surface area contributed by atoms with Crippen LogP contribution in [0.2, 0.25) is 0 Å².